The van der Waals surface area contributed by atoms with E-state index < -0.39 is 10.6 Å². The molecule has 4 N–H and O–H groups in total. The molecule has 1 aliphatic heterocycles. The van der Waals surface area contributed by atoms with Gasteiger partial charge in [-0.05, 0) is 48.9 Å². The normalized spacial score (nSPS) is 23.6. The largest absolute Gasteiger partial charge is 0.496 e. The molecule has 0 amide bonds. The van der Waals surface area contributed by atoms with Crippen molar-refractivity contribution < 1.29 is 18.9 Å². The molecule has 3 rings (SSSR count). The number of nitrogens with one attached hydrogen (secondary N) is 1. The van der Waals surface area contributed by atoms with Gasteiger partial charge >= 0.3 is 0 Å². The first-order chi connectivity index (χ1) is 14.9. The van der Waals surface area contributed by atoms with E-state index in [1.165, 1.54) is 0 Å². The molecule has 1 aliphatic rings. The van der Waals surface area contributed by atoms with Crippen LogP contribution in [-0.2, 0) is 6.42 Å². The minimum Gasteiger partial charge on any atom is -0.496 e. The number of aryl methyl sites for hydroxylation is 1. The highest BCUT2D eigenvalue weighted by Crippen LogP contribution is 2.58. The van der Waals surface area contributed by atoms with Gasteiger partial charge in [0.1, 0.15) is 5.75 Å². The molecule has 0 radical (unpaired) electrons. The maximum absolute atomic E-state index is 11.5. The number of unbranched alkanes of at least 4 members (excludes halogenated alkanes) is 1. The summed E-state index contributed by atoms with van der Waals surface area (Å²) in [6.07, 6.45) is 5.02. The van der Waals surface area contributed by atoms with Crippen molar-refractivity contribution >= 4 is 10.6 Å². The summed E-state index contributed by atoms with van der Waals surface area (Å²) in [6.45, 7) is 4.38. The Morgan fingerprint density at radius 1 is 1.13 bits per heavy atom. The number of fused-ring (bicyclic) bond motifs is 1. The molecule has 0 fully saturated rings. The average Bonchev–Trinajstić information content (AvgIpc) is 2.88. The van der Waals surface area contributed by atoms with Crippen molar-refractivity contribution in [3.8, 4) is 5.75 Å². The molecule has 0 spiro atoms. The van der Waals surface area contributed by atoms with E-state index in [-0.39, 0.29) is 18.2 Å². The lowest BCUT2D eigenvalue weighted by atomic mass is 9.87. The Labute approximate surface area is 188 Å². The van der Waals surface area contributed by atoms with Gasteiger partial charge in [0.25, 0.3) is 0 Å². The maximum Gasteiger partial charge on any atom is 0.122 e. The van der Waals surface area contributed by atoms with E-state index in [9.17, 15) is 14.2 Å². The van der Waals surface area contributed by atoms with Gasteiger partial charge in [-0.1, -0.05) is 57.0 Å². The molecule has 1 heterocycles. The minimum absolute atomic E-state index is 0.0840. The Bertz CT molecular complexity index is 858. The molecule has 2 atom stereocenters. The van der Waals surface area contributed by atoms with Crippen molar-refractivity contribution in [3.05, 3.63) is 59.2 Å². The minimum atomic E-state index is -3.02. The van der Waals surface area contributed by atoms with Crippen LogP contribution in [0.25, 0.3) is 0 Å². The van der Waals surface area contributed by atoms with Gasteiger partial charge in [0.15, 0.2) is 0 Å². The lowest BCUT2D eigenvalue weighted by Crippen LogP contribution is -2.49. The van der Waals surface area contributed by atoms with Crippen molar-refractivity contribution in [2.24, 2.45) is 0 Å². The molecule has 0 saturated heterocycles. The summed E-state index contributed by atoms with van der Waals surface area (Å²) in [6, 6.07) is 13.9. The molecule has 2 aromatic carbocycles. The van der Waals surface area contributed by atoms with Gasteiger partial charge in [-0.2, -0.15) is 10.6 Å². The van der Waals surface area contributed by atoms with Crippen LogP contribution in [0.4, 0.5) is 0 Å². The van der Waals surface area contributed by atoms with Crippen LogP contribution in [0, 0.1) is 0 Å². The number of methoxy groups -OCH3 is 1. The van der Waals surface area contributed by atoms with Crippen LogP contribution < -0.4 is 10.1 Å². The molecular formula is C25H37NO4S. The van der Waals surface area contributed by atoms with Crippen LogP contribution in [0.15, 0.2) is 47.4 Å². The molecule has 2 aromatic rings. The lowest BCUT2D eigenvalue weighted by molar-refractivity contribution is 0.287. The quantitative estimate of drug-likeness (QED) is 0.393. The fourth-order valence-electron chi connectivity index (χ4n) is 4.62. The Morgan fingerprint density at radius 2 is 1.87 bits per heavy atom. The van der Waals surface area contributed by atoms with Gasteiger partial charge < -0.3 is 9.84 Å². The molecule has 172 valence electrons. The topological polar surface area (TPSA) is 82.0 Å². The van der Waals surface area contributed by atoms with Crippen LogP contribution in [0.3, 0.4) is 0 Å². The fourth-order valence-corrected chi connectivity index (χ4v) is 6.86. The first-order valence-corrected chi connectivity index (χ1v) is 13.0. The monoisotopic (exact) mass is 447 g/mol. The van der Waals surface area contributed by atoms with Crippen molar-refractivity contribution in [1.82, 2.24) is 5.32 Å². The summed E-state index contributed by atoms with van der Waals surface area (Å²) in [5, 5.41) is 13.2. The number of aliphatic hydroxyl groups is 1. The van der Waals surface area contributed by atoms with Gasteiger partial charge in [0.2, 0.25) is 0 Å². The van der Waals surface area contributed by atoms with E-state index in [1.54, 1.807) is 7.11 Å². The van der Waals surface area contributed by atoms with Crippen LogP contribution >= 0.6 is 10.6 Å². The van der Waals surface area contributed by atoms with E-state index in [0.717, 1.165) is 48.1 Å². The molecule has 0 unspecified atom stereocenters. The van der Waals surface area contributed by atoms with E-state index in [0.29, 0.717) is 23.5 Å². The van der Waals surface area contributed by atoms with Crippen molar-refractivity contribution in [1.29, 1.82) is 0 Å². The second-order valence-electron chi connectivity index (χ2n) is 8.57. The summed E-state index contributed by atoms with van der Waals surface area (Å²) >= 11 is 0. The average molecular weight is 448 g/mol. The fraction of sp³-hybridized carbons (Fsp3) is 0.520. The molecule has 0 aliphatic carbocycles. The van der Waals surface area contributed by atoms with E-state index >= 15 is 0 Å². The highest BCUT2D eigenvalue weighted by Gasteiger charge is 2.42. The van der Waals surface area contributed by atoms with E-state index in [4.69, 9.17) is 4.74 Å². The lowest BCUT2D eigenvalue weighted by Gasteiger charge is -2.42. The Morgan fingerprint density at radius 3 is 2.48 bits per heavy atom. The zero-order chi connectivity index (χ0) is 22.5. The van der Waals surface area contributed by atoms with Gasteiger partial charge in [-0.3, -0.25) is 14.4 Å². The molecule has 5 nitrogen and oxygen atoms in total. The third-order valence-electron chi connectivity index (χ3n) is 6.43. The third kappa shape index (κ3) is 5.26. The molecular weight excluding hydrogens is 410 g/mol. The Balaban J connectivity index is 2.21. The first kappa shape index (κ1) is 24.1. The van der Waals surface area contributed by atoms with Gasteiger partial charge in [0, 0.05) is 17.7 Å². The predicted octanol–water partition coefficient (Wildman–Crippen LogP) is 5.76. The predicted molar refractivity (Wildman–Crippen MR) is 128 cm³/mol. The van der Waals surface area contributed by atoms with Crippen LogP contribution in [0.5, 0.6) is 5.75 Å². The number of benzene rings is 2. The second kappa shape index (κ2) is 10.4. The van der Waals surface area contributed by atoms with Gasteiger partial charge in [-0.25, -0.2) is 0 Å². The number of ether oxygens (including phenoxy) is 1. The summed E-state index contributed by atoms with van der Waals surface area (Å²) in [5.41, 5.74) is 2.50. The maximum atomic E-state index is 11.5. The summed E-state index contributed by atoms with van der Waals surface area (Å²) < 4.78 is 28.6. The Kier molecular flexibility index (Phi) is 8.05. The van der Waals surface area contributed by atoms with Crippen LogP contribution in [0.2, 0.25) is 0 Å². The summed E-state index contributed by atoms with van der Waals surface area (Å²) in [4.78, 5) is 0.606. The standard InChI is InChI=1S/C25H37NO4S/c1-4-6-14-25(5-2)18-31(28,29)23-16-20(13-10-15-27)22(30-3)17-21(23)24(26-25)19-11-8-7-9-12-19/h7-9,11-12,16-17,24,26-29H,4-6,10,13-15,18H2,1-3H3/t24-,25-/m1/s1. The van der Waals surface area contributed by atoms with E-state index in [2.05, 4.69) is 31.3 Å². The molecule has 0 bridgehead atoms. The molecule has 6 heteroatoms. The summed E-state index contributed by atoms with van der Waals surface area (Å²) in [7, 11) is -1.38. The van der Waals surface area contributed by atoms with Crippen LogP contribution in [-0.4, -0.2) is 39.2 Å². The van der Waals surface area contributed by atoms with Crippen molar-refractivity contribution in [2.75, 3.05) is 19.5 Å². The number of rotatable bonds is 9. The highest BCUT2D eigenvalue weighted by molar-refractivity contribution is 8.24. The Hall–Kier alpha value is -1.57. The first-order valence-electron chi connectivity index (χ1n) is 11.3. The second-order valence-corrected chi connectivity index (χ2v) is 10.6. The van der Waals surface area contributed by atoms with Gasteiger partial charge in [-0.15, -0.1) is 0 Å². The third-order valence-corrected chi connectivity index (χ3v) is 8.44. The molecule has 0 saturated carbocycles. The number of hydrogen-bond acceptors (Lipinski definition) is 5. The van der Waals surface area contributed by atoms with Crippen LogP contribution in [0.1, 0.15) is 68.7 Å². The van der Waals surface area contributed by atoms with E-state index in [1.807, 2.05) is 30.3 Å². The smallest absolute Gasteiger partial charge is 0.122 e. The number of hydrogen-bond donors (Lipinski definition) is 4. The molecule has 0 aromatic heterocycles. The summed E-state index contributed by atoms with van der Waals surface area (Å²) in [5.74, 6) is 1.03. The van der Waals surface area contributed by atoms with Gasteiger partial charge in [0.05, 0.1) is 23.8 Å². The highest BCUT2D eigenvalue weighted by atomic mass is 32.3. The van der Waals surface area contributed by atoms with Crippen molar-refractivity contribution in [3.63, 3.8) is 0 Å². The van der Waals surface area contributed by atoms with Crippen molar-refractivity contribution in [2.45, 2.75) is 68.8 Å². The zero-order valence-corrected chi connectivity index (χ0v) is 19.8. The zero-order valence-electron chi connectivity index (χ0n) is 18.9. The molecule has 31 heavy (non-hydrogen) atoms. The SMILES string of the molecule is CCCC[C@]1(CC)CS(O)(O)c2cc(CCCO)c(OC)cc2[C@@H](c2ccccc2)N1. The number of aliphatic hydroxyl groups excluding tert-OH is 1.